The van der Waals surface area contributed by atoms with Crippen LogP contribution in [0.2, 0.25) is 0 Å². The summed E-state index contributed by atoms with van der Waals surface area (Å²) in [6.45, 7) is 11.1. The second kappa shape index (κ2) is 5.25. The number of aromatic nitrogens is 1. The molecule has 2 nitrogen and oxygen atoms in total. The molecule has 2 rings (SSSR count). The molecule has 0 bridgehead atoms. The zero-order chi connectivity index (χ0) is 15.1. The molecule has 1 atom stereocenters. The molecule has 0 aliphatic rings. The van der Waals surface area contributed by atoms with E-state index in [-0.39, 0.29) is 11.5 Å². The lowest BCUT2D eigenvalue weighted by molar-refractivity contribution is 0.591. The van der Waals surface area contributed by atoms with Crippen molar-refractivity contribution >= 4 is 10.9 Å². The number of rotatable bonds is 3. The molecule has 0 aliphatic heterocycles. The van der Waals surface area contributed by atoms with Gasteiger partial charge in [0.1, 0.15) is 0 Å². The Morgan fingerprint density at radius 1 is 1.25 bits per heavy atom. The Morgan fingerprint density at radius 2 is 1.90 bits per heavy atom. The third-order valence-corrected chi connectivity index (χ3v) is 4.34. The normalized spacial score (nSPS) is 13.9. The minimum atomic E-state index is 0.191. The van der Waals surface area contributed by atoms with Crippen molar-refractivity contribution in [1.82, 2.24) is 4.57 Å². The predicted molar refractivity (Wildman–Crippen MR) is 88.3 cm³/mol. The molecule has 1 unspecified atom stereocenters. The van der Waals surface area contributed by atoms with Crippen LogP contribution in [0.15, 0.2) is 18.2 Å². The van der Waals surface area contributed by atoms with Crippen LogP contribution in [0.3, 0.4) is 0 Å². The first kappa shape index (κ1) is 15.1. The van der Waals surface area contributed by atoms with Crippen molar-refractivity contribution in [3.8, 4) is 0 Å². The second-order valence-corrected chi connectivity index (χ2v) is 7.12. The maximum absolute atomic E-state index is 5.93. The highest BCUT2D eigenvalue weighted by atomic mass is 14.9. The van der Waals surface area contributed by atoms with Gasteiger partial charge in [0, 0.05) is 29.7 Å². The largest absolute Gasteiger partial charge is 0.348 e. The van der Waals surface area contributed by atoms with Gasteiger partial charge in [-0.2, -0.15) is 0 Å². The van der Waals surface area contributed by atoms with Gasteiger partial charge < -0.3 is 10.3 Å². The Labute approximate surface area is 123 Å². The van der Waals surface area contributed by atoms with Gasteiger partial charge in [0.2, 0.25) is 0 Å². The number of nitrogens with two attached hydrogens (primary N) is 1. The first-order valence-corrected chi connectivity index (χ1v) is 7.55. The van der Waals surface area contributed by atoms with Gasteiger partial charge in [0.05, 0.1) is 0 Å². The topological polar surface area (TPSA) is 30.9 Å². The lowest BCUT2D eigenvalue weighted by Gasteiger charge is -2.19. The molecule has 110 valence electrons. The quantitative estimate of drug-likeness (QED) is 0.897. The molecule has 2 aromatic rings. The smallest absolute Gasteiger partial charge is 0.0482 e. The monoisotopic (exact) mass is 272 g/mol. The van der Waals surface area contributed by atoms with Gasteiger partial charge in [0.15, 0.2) is 0 Å². The van der Waals surface area contributed by atoms with E-state index in [0.29, 0.717) is 0 Å². The molecule has 2 heteroatoms. The van der Waals surface area contributed by atoms with Crippen molar-refractivity contribution in [3.63, 3.8) is 0 Å². The van der Waals surface area contributed by atoms with E-state index in [0.717, 1.165) is 12.8 Å². The third-order valence-electron chi connectivity index (χ3n) is 4.34. The third kappa shape index (κ3) is 2.76. The van der Waals surface area contributed by atoms with Gasteiger partial charge in [-0.3, -0.25) is 0 Å². The number of hydrogen-bond donors (Lipinski definition) is 1. The maximum atomic E-state index is 5.93. The predicted octanol–water partition coefficient (Wildman–Crippen LogP) is 4.06. The summed E-state index contributed by atoms with van der Waals surface area (Å²) in [4.78, 5) is 0. The zero-order valence-corrected chi connectivity index (χ0v) is 13.7. The molecule has 1 aromatic heterocycles. The van der Waals surface area contributed by atoms with Crippen LogP contribution >= 0.6 is 0 Å². The summed E-state index contributed by atoms with van der Waals surface area (Å²) in [5.41, 5.74) is 11.7. The lowest BCUT2D eigenvalue weighted by atomic mass is 9.86. The first-order chi connectivity index (χ1) is 9.21. The molecule has 2 N–H and O–H groups in total. The van der Waals surface area contributed by atoms with Crippen molar-refractivity contribution in [1.29, 1.82) is 0 Å². The molecular formula is C18H28N2. The molecule has 0 fully saturated rings. The van der Waals surface area contributed by atoms with Gasteiger partial charge in [-0.1, -0.05) is 26.8 Å². The molecule has 0 saturated heterocycles. The van der Waals surface area contributed by atoms with Crippen molar-refractivity contribution < 1.29 is 0 Å². The summed E-state index contributed by atoms with van der Waals surface area (Å²) in [7, 11) is 2.16. The fraction of sp³-hybridized carbons (Fsp3) is 0.556. The van der Waals surface area contributed by atoms with Crippen LogP contribution in [0.4, 0.5) is 0 Å². The van der Waals surface area contributed by atoms with Gasteiger partial charge in [-0.15, -0.1) is 0 Å². The maximum Gasteiger partial charge on any atom is 0.0482 e. The number of nitrogens with zero attached hydrogens (tertiary/aromatic N) is 1. The van der Waals surface area contributed by atoms with Crippen LogP contribution in [-0.2, 0) is 18.9 Å². The molecule has 1 heterocycles. The highest BCUT2D eigenvalue weighted by Crippen LogP contribution is 2.31. The summed E-state index contributed by atoms with van der Waals surface area (Å²) in [6, 6.07) is 7.16. The molecular weight excluding hydrogens is 244 g/mol. The minimum Gasteiger partial charge on any atom is -0.348 e. The first-order valence-electron chi connectivity index (χ1n) is 7.55. The van der Waals surface area contributed by atoms with Crippen LogP contribution in [0.5, 0.6) is 0 Å². The van der Waals surface area contributed by atoms with E-state index in [9.17, 15) is 0 Å². The van der Waals surface area contributed by atoms with E-state index in [1.54, 1.807) is 0 Å². The fourth-order valence-electron chi connectivity index (χ4n) is 2.80. The average molecular weight is 272 g/mol. The summed E-state index contributed by atoms with van der Waals surface area (Å²) in [5, 5.41) is 1.40. The van der Waals surface area contributed by atoms with Gasteiger partial charge in [-0.25, -0.2) is 0 Å². The molecule has 0 amide bonds. The average Bonchev–Trinajstić information content (AvgIpc) is 2.58. The Balaban J connectivity index is 2.57. The fourth-order valence-corrected chi connectivity index (χ4v) is 2.80. The van der Waals surface area contributed by atoms with Crippen molar-refractivity contribution in [2.75, 3.05) is 0 Å². The zero-order valence-electron chi connectivity index (χ0n) is 13.7. The van der Waals surface area contributed by atoms with Gasteiger partial charge >= 0.3 is 0 Å². The van der Waals surface area contributed by atoms with E-state index in [1.165, 1.54) is 27.7 Å². The Kier molecular flexibility index (Phi) is 3.97. The van der Waals surface area contributed by atoms with E-state index in [4.69, 9.17) is 5.73 Å². The molecule has 0 aliphatic carbocycles. The Hall–Kier alpha value is -1.28. The number of hydrogen-bond acceptors (Lipinski definition) is 1. The van der Waals surface area contributed by atoms with Gasteiger partial charge in [-0.05, 0) is 55.4 Å². The van der Waals surface area contributed by atoms with E-state index in [2.05, 4.69) is 64.4 Å². The SMILES string of the molecule is Cc1c(CCC(C)N)c2cc(C(C)(C)C)ccc2n1C. The number of benzene rings is 1. The minimum absolute atomic E-state index is 0.191. The molecule has 20 heavy (non-hydrogen) atoms. The van der Waals surface area contributed by atoms with Crippen molar-refractivity contribution in [3.05, 3.63) is 35.0 Å². The molecule has 1 aromatic carbocycles. The molecule has 0 saturated carbocycles. The summed E-state index contributed by atoms with van der Waals surface area (Å²) < 4.78 is 2.30. The standard InChI is InChI=1S/C18H28N2/c1-12(19)7-9-15-13(2)20(6)17-10-8-14(11-16(15)17)18(3,4)5/h8,10-12H,7,9,19H2,1-6H3. The van der Waals surface area contributed by atoms with Crippen LogP contribution in [0, 0.1) is 6.92 Å². The van der Waals surface area contributed by atoms with E-state index >= 15 is 0 Å². The molecule has 0 spiro atoms. The Bertz CT molecular complexity index is 612. The lowest BCUT2D eigenvalue weighted by Crippen LogP contribution is -2.15. The van der Waals surface area contributed by atoms with E-state index < -0.39 is 0 Å². The van der Waals surface area contributed by atoms with Crippen LogP contribution < -0.4 is 5.73 Å². The Morgan fingerprint density at radius 3 is 2.45 bits per heavy atom. The van der Waals surface area contributed by atoms with Crippen LogP contribution in [0.25, 0.3) is 10.9 Å². The second-order valence-electron chi connectivity index (χ2n) is 7.12. The summed E-state index contributed by atoms with van der Waals surface area (Å²) >= 11 is 0. The van der Waals surface area contributed by atoms with Crippen molar-refractivity contribution in [2.24, 2.45) is 12.8 Å². The number of aryl methyl sites for hydroxylation is 2. The molecule has 0 radical (unpaired) electrons. The van der Waals surface area contributed by atoms with Crippen LogP contribution in [-0.4, -0.2) is 10.6 Å². The van der Waals surface area contributed by atoms with Crippen LogP contribution in [0.1, 0.15) is 50.9 Å². The van der Waals surface area contributed by atoms with Crippen molar-refractivity contribution in [2.45, 2.75) is 58.9 Å². The highest BCUT2D eigenvalue weighted by Gasteiger charge is 2.17. The van der Waals surface area contributed by atoms with Gasteiger partial charge in [0.25, 0.3) is 0 Å². The summed E-state index contributed by atoms with van der Waals surface area (Å²) in [5.74, 6) is 0. The summed E-state index contributed by atoms with van der Waals surface area (Å²) in [6.07, 6.45) is 2.11. The highest BCUT2D eigenvalue weighted by molar-refractivity contribution is 5.86. The number of fused-ring (bicyclic) bond motifs is 1. The van der Waals surface area contributed by atoms with E-state index in [1.807, 2.05) is 0 Å².